The maximum atomic E-state index is 12.6. The van der Waals surface area contributed by atoms with Crippen molar-refractivity contribution in [1.29, 1.82) is 0 Å². The maximum absolute atomic E-state index is 12.6. The van der Waals surface area contributed by atoms with Crippen molar-refractivity contribution in [2.75, 3.05) is 0 Å². The first-order valence-corrected chi connectivity index (χ1v) is 3.33. The van der Waals surface area contributed by atoms with Crippen molar-refractivity contribution < 1.29 is 14.0 Å². The summed E-state index contributed by atoms with van der Waals surface area (Å²) in [5.74, 6) is 4.39. The number of carbonyl (C=O) groups is 1. The first-order chi connectivity index (χ1) is 5.77. The van der Waals surface area contributed by atoms with E-state index in [0.717, 1.165) is 0 Å². The predicted molar refractivity (Wildman–Crippen MR) is 40.8 cm³/mol. The maximum Gasteiger partial charge on any atom is 0.150 e. The molecule has 0 atom stereocenters. The van der Waals surface area contributed by atoms with Crippen molar-refractivity contribution in [2.24, 2.45) is 5.90 Å². The van der Waals surface area contributed by atoms with E-state index in [1.54, 1.807) is 0 Å². The molecule has 0 aromatic heterocycles. The van der Waals surface area contributed by atoms with E-state index in [4.69, 9.17) is 5.90 Å². The van der Waals surface area contributed by atoms with Gasteiger partial charge in [0.1, 0.15) is 12.1 Å². The second kappa shape index (κ2) is 3.94. The molecule has 0 bridgehead atoms. The molecule has 0 amide bonds. The summed E-state index contributed by atoms with van der Waals surface area (Å²) in [6.07, 6.45) is 0.633. The Morgan fingerprint density at radius 1 is 1.58 bits per heavy atom. The lowest BCUT2D eigenvalue weighted by atomic mass is 10.1. The first kappa shape index (κ1) is 8.83. The van der Waals surface area contributed by atoms with Crippen molar-refractivity contribution in [3.05, 3.63) is 35.1 Å². The van der Waals surface area contributed by atoms with Crippen LogP contribution in [0, 0.1) is 5.82 Å². The molecule has 0 unspecified atom stereocenters. The van der Waals surface area contributed by atoms with Crippen LogP contribution in [0.2, 0.25) is 0 Å². The quantitative estimate of drug-likeness (QED) is 0.543. The van der Waals surface area contributed by atoms with Gasteiger partial charge in [0.05, 0.1) is 6.61 Å². The summed E-state index contributed by atoms with van der Waals surface area (Å²) >= 11 is 0. The van der Waals surface area contributed by atoms with Crippen LogP contribution in [0.15, 0.2) is 18.2 Å². The van der Waals surface area contributed by atoms with Gasteiger partial charge in [0.25, 0.3) is 0 Å². The predicted octanol–water partition coefficient (Wildman–Crippen LogP) is 1.03. The van der Waals surface area contributed by atoms with Crippen LogP contribution in [-0.4, -0.2) is 6.29 Å². The van der Waals surface area contributed by atoms with E-state index in [9.17, 15) is 9.18 Å². The van der Waals surface area contributed by atoms with Crippen molar-refractivity contribution in [3.8, 4) is 0 Å². The van der Waals surface area contributed by atoms with Crippen LogP contribution in [0.4, 0.5) is 4.39 Å². The molecule has 0 aliphatic rings. The minimum absolute atomic E-state index is 0.0336. The van der Waals surface area contributed by atoms with Crippen LogP contribution in [0.3, 0.4) is 0 Å². The summed E-state index contributed by atoms with van der Waals surface area (Å²) in [5, 5.41) is 0. The fourth-order valence-corrected chi connectivity index (χ4v) is 0.904. The van der Waals surface area contributed by atoms with E-state index >= 15 is 0 Å². The number of halogens is 1. The number of nitrogens with two attached hydrogens (primary N) is 1. The number of benzene rings is 1. The number of hydrogen-bond acceptors (Lipinski definition) is 3. The SMILES string of the molecule is NOCc1cc(F)ccc1C=O. The summed E-state index contributed by atoms with van der Waals surface area (Å²) in [6, 6.07) is 3.82. The highest BCUT2D eigenvalue weighted by Gasteiger charge is 2.02. The zero-order chi connectivity index (χ0) is 8.97. The van der Waals surface area contributed by atoms with Gasteiger partial charge in [-0.25, -0.2) is 10.3 Å². The highest BCUT2D eigenvalue weighted by atomic mass is 19.1. The molecule has 0 aliphatic carbocycles. The first-order valence-electron chi connectivity index (χ1n) is 3.33. The molecule has 0 aliphatic heterocycles. The van der Waals surface area contributed by atoms with Crippen LogP contribution in [-0.2, 0) is 11.4 Å². The van der Waals surface area contributed by atoms with E-state index in [-0.39, 0.29) is 6.61 Å². The molecule has 0 saturated heterocycles. The average molecular weight is 169 g/mol. The van der Waals surface area contributed by atoms with Gasteiger partial charge in [0, 0.05) is 5.56 Å². The third kappa shape index (κ3) is 1.87. The van der Waals surface area contributed by atoms with Crippen molar-refractivity contribution in [2.45, 2.75) is 6.61 Å². The smallest absolute Gasteiger partial charge is 0.150 e. The van der Waals surface area contributed by atoms with Crippen LogP contribution >= 0.6 is 0 Å². The third-order valence-electron chi connectivity index (χ3n) is 1.47. The Kier molecular flexibility index (Phi) is 2.90. The van der Waals surface area contributed by atoms with E-state index in [2.05, 4.69) is 4.84 Å². The molecule has 0 heterocycles. The average Bonchev–Trinajstić information content (AvgIpc) is 2.05. The summed E-state index contributed by atoms with van der Waals surface area (Å²) < 4.78 is 12.6. The zero-order valence-corrected chi connectivity index (χ0v) is 6.29. The Labute approximate surface area is 68.9 Å². The molecule has 1 rings (SSSR count). The Balaban J connectivity index is 3.03. The van der Waals surface area contributed by atoms with E-state index in [1.807, 2.05) is 0 Å². The normalized spacial score (nSPS) is 9.83. The lowest BCUT2D eigenvalue weighted by Crippen LogP contribution is -2.02. The number of rotatable bonds is 3. The van der Waals surface area contributed by atoms with Gasteiger partial charge in [-0.05, 0) is 23.8 Å². The van der Waals surface area contributed by atoms with Gasteiger partial charge in [-0.2, -0.15) is 0 Å². The van der Waals surface area contributed by atoms with Gasteiger partial charge in [0.15, 0.2) is 0 Å². The second-order valence-corrected chi connectivity index (χ2v) is 2.27. The van der Waals surface area contributed by atoms with Gasteiger partial charge >= 0.3 is 0 Å². The molecule has 0 saturated carbocycles. The van der Waals surface area contributed by atoms with Gasteiger partial charge in [-0.3, -0.25) is 9.63 Å². The van der Waals surface area contributed by atoms with Gasteiger partial charge in [-0.15, -0.1) is 0 Å². The lowest BCUT2D eigenvalue weighted by molar-refractivity contribution is 0.110. The van der Waals surface area contributed by atoms with Crippen molar-refractivity contribution in [1.82, 2.24) is 0 Å². The molecule has 0 fully saturated rings. The molecule has 4 heteroatoms. The molecule has 64 valence electrons. The molecular weight excluding hydrogens is 161 g/mol. The lowest BCUT2D eigenvalue weighted by Gasteiger charge is -2.01. The minimum atomic E-state index is -0.410. The van der Waals surface area contributed by atoms with E-state index in [0.29, 0.717) is 17.4 Å². The fourth-order valence-electron chi connectivity index (χ4n) is 0.904. The fraction of sp³-hybridized carbons (Fsp3) is 0.125. The Bertz CT molecular complexity index is 288. The molecule has 2 N–H and O–H groups in total. The standard InChI is InChI=1S/C8H8FNO2/c9-8-2-1-6(4-11)7(3-8)5-12-10/h1-4H,5,10H2. The molecule has 0 radical (unpaired) electrons. The number of carbonyl (C=O) groups excluding carboxylic acids is 1. The van der Waals surface area contributed by atoms with Crippen LogP contribution in [0.25, 0.3) is 0 Å². The highest BCUT2D eigenvalue weighted by Crippen LogP contribution is 2.09. The Hall–Kier alpha value is -1.26. The molecule has 0 spiro atoms. The van der Waals surface area contributed by atoms with Gasteiger partial charge in [0.2, 0.25) is 0 Å². The summed E-state index contributed by atoms with van der Waals surface area (Å²) in [7, 11) is 0. The molecule has 1 aromatic rings. The summed E-state index contributed by atoms with van der Waals surface area (Å²) in [6.45, 7) is 0.0336. The molecule has 1 aromatic carbocycles. The molecule has 12 heavy (non-hydrogen) atoms. The third-order valence-corrected chi connectivity index (χ3v) is 1.47. The van der Waals surface area contributed by atoms with Crippen LogP contribution < -0.4 is 5.90 Å². The van der Waals surface area contributed by atoms with E-state index < -0.39 is 5.82 Å². The monoisotopic (exact) mass is 169 g/mol. The number of aldehydes is 1. The number of hydrogen-bond donors (Lipinski definition) is 1. The van der Waals surface area contributed by atoms with E-state index in [1.165, 1.54) is 18.2 Å². The Morgan fingerprint density at radius 3 is 2.92 bits per heavy atom. The van der Waals surface area contributed by atoms with Crippen molar-refractivity contribution >= 4 is 6.29 Å². The van der Waals surface area contributed by atoms with Gasteiger partial charge in [-0.1, -0.05) is 0 Å². The molecule has 3 nitrogen and oxygen atoms in total. The topological polar surface area (TPSA) is 52.3 Å². The van der Waals surface area contributed by atoms with Crippen molar-refractivity contribution in [3.63, 3.8) is 0 Å². The highest BCUT2D eigenvalue weighted by molar-refractivity contribution is 5.77. The minimum Gasteiger partial charge on any atom is -0.300 e. The van der Waals surface area contributed by atoms with Gasteiger partial charge < -0.3 is 0 Å². The van der Waals surface area contributed by atoms with Crippen LogP contribution in [0.1, 0.15) is 15.9 Å². The Morgan fingerprint density at radius 2 is 2.33 bits per heavy atom. The summed E-state index contributed by atoms with van der Waals surface area (Å²) in [4.78, 5) is 14.7. The zero-order valence-electron chi connectivity index (χ0n) is 6.29. The molecular formula is C8H8FNO2. The van der Waals surface area contributed by atoms with Crippen LogP contribution in [0.5, 0.6) is 0 Å². The largest absolute Gasteiger partial charge is 0.300 e. The second-order valence-electron chi connectivity index (χ2n) is 2.27. The summed E-state index contributed by atoms with van der Waals surface area (Å²) in [5.41, 5.74) is 0.842.